The third-order valence-electron chi connectivity index (χ3n) is 5.50. The Kier molecular flexibility index (Phi) is 15.0. The monoisotopic (exact) mass is 422 g/mol. The van der Waals surface area contributed by atoms with Crippen LogP contribution in [0.4, 0.5) is 11.4 Å². The highest BCUT2D eigenvalue weighted by Gasteiger charge is 2.25. The SMILES string of the molecule is CC.CC(C)C1CCN(C(=O)c2ccc(N)c(N(N)O)c2)CC1.CCCCCCC. The zero-order chi connectivity index (χ0) is 23.1. The summed E-state index contributed by atoms with van der Waals surface area (Å²) in [6.45, 7) is 14.5. The number of benzene rings is 1. The van der Waals surface area contributed by atoms with E-state index in [-0.39, 0.29) is 11.6 Å². The summed E-state index contributed by atoms with van der Waals surface area (Å²) >= 11 is 0. The quantitative estimate of drug-likeness (QED) is 0.222. The minimum absolute atomic E-state index is 0.0414. The fourth-order valence-electron chi connectivity index (χ4n) is 3.50. The smallest absolute Gasteiger partial charge is 0.253 e. The van der Waals surface area contributed by atoms with Gasteiger partial charge in [-0.3, -0.25) is 10.0 Å². The molecule has 1 aliphatic rings. The van der Waals surface area contributed by atoms with Crippen LogP contribution in [0.5, 0.6) is 0 Å². The fraction of sp³-hybridized carbons (Fsp3) is 0.708. The Bertz CT molecular complexity index is 579. The molecule has 6 heteroatoms. The zero-order valence-electron chi connectivity index (χ0n) is 20.2. The molecule has 0 saturated carbocycles. The van der Waals surface area contributed by atoms with Crippen LogP contribution >= 0.6 is 0 Å². The Balaban J connectivity index is 0.000000795. The molecule has 5 N–H and O–H groups in total. The van der Waals surface area contributed by atoms with Gasteiger partial charge >= 0.3 is 0 Å². The van der Waals surface area contributed by atoms with E-state index >= 15 is 0 Å². The molecule has 30 heavy (non-hydrogen) atoms. The first-order valence-electron chi connectivity index (χ1n) is 11.7. The van der Waals surface area contributed by atoms with Crippen molar-refractivity contribution in [3.05, 3.63) is 23.8 Å². The Hall–Kier alpha value is -1.79. The van der Waals surface area contributed by atoms with E-state index in [2.05, 4.69) is 27.7 Å². The third-order valence-corrected chi connectivity index (χ3v) is 5.50. The lowest BCUT2D eigenvalue weighted by molar-refractivity contribution is 0.0667. The van der Waals surface area contributed by atoms with Gasteiger partial charge in [0.05, 0.1) is 5.69 Å². The summed E-state index contributed by atoms with van der Waals surface area (Å²) < 4.78 is 0. The summed E-state index contributed by atoms with van der Waals surface area (Å²) in [5.41, 5.74) is 6.77. The van der Waals surface area contributed by atoms with Gasteiger partial charge < -0.3 is 10.6 Å². The van der Waals surface area contributed by atoms with Gasteiger partial charge in [-0.05, 0) is 42.9 Å². The molecule has 0 atom stereocenters. The molecule has 0 bridgehead atoms. The van der Waals surface area contributed by atoms with Crippen LogP contribution in [0.25, 0.3) is 0 Å². The number of likely N-dealkylation sites (tertiary alicyclic amines) is 1. The van der Waals surface area contributed by atoms with Crippen LogP contribution in [-0.4, -0.2) is 29.1 Å². The Morgan fingerprint density at radius 1 is 1.13 bits per heavy atom. The second-order valence-corrected chi connectivity index (χ2v) is 8.05. The normalized spacial score (nSPS) is 13.8. The summed E-state index contributed by atoms with van der Waals surface area (Å²) in [5, 5.41) is 9.76. The average Bonchev–Trinajstić information content (AvgIpc) is 2.75. The topological polar surface area (TPSA) is 95.8 Å². The summed E-state index contributed by atoms with van der Waals surface area (Å²) in [6, 6.07) is 4.77. The second kappa shape index (κ2) is 16.0. The molecule has 1 aromatic rings. The number of hydrogen-bond acceptors (Lipinski definition) is 5. The average molecular weight is 423 g/mol. The van der Waals surface area contributed by atoms with E-state index in [0.29, 0.717) is 28.3 Å². The first-order chi connectivity index (χ1) is 14.3. The number of rotatable bonds is 7. The van der Waals surface area contributed by atoms with Gasteiger partial charge in [-0.2, -0.15) is 5.17 Å². The van der Waals surface area contributed by atoms with Crippen molar-refractivity contribution < 1.29 is 10.0 Å². The van der Waals surface area contributed by atoms with Crippen molar-refractivity contribution in [2.24, 2.45) is 17.7 Å². The Morgan fingerprint density at radius 3 is 2.10 bits per heavy atom. The van der Waals surface area contributed by atoms with Crippen molar-refractivity contribution in [3.8, 4) is 0 Å². The van der Waals surface area contributed by atoms with Gasteiger partial charge in [0, 0.05) is 18.7 Å². The predicted octanol–water partition coefficient (Wildman–Crippen LogP) is 5.85. The molecule has 1 amide bonds. The molecule has 0 aromatic heterocycles. The molecule has 1 aliphatic heterocycles. The van der Waals surface area contributed by atoms with E-state index in [9.17, 15) is 10.0 Å². The lowest BCUT2D eigenvalue weighted by Crippen LogP contribution is -2.39. The maximum absolute atomic E-state index is 12.5. The number of nitrogens with zero attached hydrogens (tertiary/aromatic N) is 2. The summed E-state index contributed by atoms with van der Waals surface area (Å²) in [6.07, 6.45) is 9.08. The molecule has 1 fully saturated rings. The Labute approximate surface area is 184 Å². The molecule has 0 radical (unpaired) electrons. The lowest BCUT2D eigenvalue weighted by Gasteiger charge is -2.34. The van der Waals surface area contributed by atoms with Crippen LogP contribution in [0.3, 0.4) is 0 Å². The van der Waals surface area contributed by atoms with Gasteiger partial charge in [-0.25, -0.2) is 5.84 Å². The van der Waals surface area contributed by atoms with Crippen molar-refractivity contribution in [2.75, 3.05) is 24.0 Å². The number of carbonyl (C=O) groups is 1. The number of piperidine rings is 1. The van der Waals surface area contributed by atoms with Crippen LogP contribution in [0.1, 0.15) is 96.8 Å². The van der Waals surface area contributed by atoms with Gasteiger partial charge in [0.25, 0.3) is 5.91 Å². The maximum Gasteiger partial charge on any atom is 0.253 e. The number of unbranched alkanes of at least 4 members (excludes halogenated alkanes) is 4. The van der Waals surface area contributed by atoms with E-state index in [0.717, 1.165) is 25.9 Å². The molecule has 1 aromatic carbocycles. The van der Waals surface area contributed by atoms with E-state index in [1.54, 1.807) is 12.1 Å². The van der Waals surface area contributed by atoms with Crippen molar-refractivity contribution >= 4 is 17.3 Å². The fourth-order valence-corrected chi connectivity index (χ4v) is 3.50. The molecule has 1 saturated heterocycles. The molecule has 0 spiro atoms. The summed E-state index contributed by atoms with van der Waals surface area (Å²) in [5.74, 6) is 6.60. The number of carbonyl (C=O) groups excluding carboxylic acids is 1. The summed E-state index contributed by atoms with van der Waals surface area (Å²) in [4.78, 5) is 14.4. The van der Waals surface area contributed by atoms with Crippen molar-refractivity contribution in [2.45, 2.75) is 86.5 Å². The highest BCUT2D eigenvalue weighted by atomic mass is 16.5. The van der Waals surface area contributed by atoms with Crippen molar-refractivity contribution in [1.29, 1.82) is 0 Å². The number of anilines is 2. The molecular weight excluding hydrogens is 376 g/mol. The van der Waals surface area contributed by atoms with Gasteiger partial charge in [0.2, 0.25) is 0 Å². The van der Waals surface area contributed by atoms with Gasteiger partial charge in [0.1, 0.15) is 5.69 Å². The molecule has 0 aliphatic carbocycles. The molecule has 1 heterocycles. The highest BCUT2D eigenvalue weighted by molar-refractivity contribution is 5.96. The van der Waals surface area contributed by atoms with E-state index < -0.39 is 0 Å². The highest BCUT2D eigenvalue weighted by Crippen LogP contribution is 2.27. The molecule has 2 rings (SSSR count). The van der Waals surface area contributed by atoms with Crippen LogP contribution < -0.4 is 16.7 Å². The molecule has 174 valence electrons. The van der Waals surface area contributed by atoms with Crippen molar-refractivity contribution in [1.82, 2.24) is 4.90 Å². The van der Waals surface area contributed by atoms with E-state index in [1.165, 1.54) is 38.2 Å². The minimum Gasteiger partial charge on any atom is -0.397 e. The van der Waals surface area contributed by atoms with E-state index in [4.69, 9.17) is 11.6 Å². The standard InChI is InChI=1S/C15H24N4O2.C7H16.C2H6/c1-10(2)11-5-7-18(8-6-11)15(20)12-3-4-13(16)14(9-12)19(17)21;1-3-5-7-6-4-2;1-2/h3-4,9-11,21H,5-8,16-17H2,1-2H3;3-7H2,1-2H3;1-2H3. The Morgan fingerprint density at radius 2 is 1.67 bits per heavy atom. The van der Waals surface area contributed by atoms with Crippen LogP contribution in [-0.2, 0) is 0 Å². The van der Waals surface area contributed by atoms with Crippen LogP contribution in [0, 0.1) is 11.8 Å². The molecular formula is C24H46N4O2. The van der Waals surface area contributed by atoms with Gasteiger partial charge in [-0.1, -0.05) is 73.6 Å². The molecule has 0 unspecified atom stereocenters. The summed E-state index contributed by atoms with van der Waals surface area (Å²) in [7, 11) is 0. The zero-order valence-corrected chi connectivity index (χ0v) is 20.2. The van der Waals surface area contributed by atoms with Crippen LogP contribution in [0.15, 0.2) is 18.2 Å². The number of nitrogens with two attached hydrogens (primary N) is 2. The minimum atomic E-state index is -0.0414. The van der Waals surface area contributed by atoms with Gasteiger partial charge in [-0.15, -0.1) is 0 Å². The van der Waals surface area contributed by atoms with Crippen LogP contribution in [0.2, 0.25) is 0 Å². The lowest BCUT2D eigenvalue weighted by atomic mass is 9.86. The predicted molar refractivity (Wildman–Crippen MR) is 129 cm³/mol. The van der Waals surface area contributed by atoms with Gasteiger partial charge in [0.15, 0.2) is 0 Å². The third kappa shape index (κ3) is 9.81. The second-order valence-electron chi connectivity index (χ2n) is 8.05. The number of amides is 1. The maximum atomic E-state index is 12.5. The largest absolute Gasteiger partial charge is 0.397 e. The number of hydrogen-bond donors (Lipinski definition) is 3. The molecule has 6 nitrogen and oxygen atoms in total. The van der Waals surface area contributed by atoms with Crippen molar-refractivity contribution in [3.63, 3.8) is 0 Å². The number of nitrogen functional groups attached to an aromatic ring is 1. The number of hydrazine groups is 1. The van der Waals surface area contributed by atoms with E-state index in [1.807, 2.05) is 18.7 Å². The first-order valence-corrected chi connectivity index (χ1v) is 11.7. The first kappa shape index (κ1) is 28.2.